The van der Waals surface area contributed by atoms with Crippen LogP contribution in [0.5, 0.6) is 0 Å². The Labute approximate surface area is 98.9 Å². The molecule has 0 aliphatic rings. The summed E-state index contributed by atoms with van der Waals surface area (Å²) in [5.74, 6) is 0.630. The second kappa shape index (κ2) is 5.09. The molecule has 84 valence electrons. The summed E-state index contributed by atoms with van der Waals surface area (Å²) in [4.78, 5) is 0.123. The highest BCUT2D eigenvalue weighted by Gasteiger charge is 2.17. The lowest BCUT2D eigenvalue weighted by molar-refractivity contribution is 0.597. The van der Waals surface area contributed by atoms with E-state index in [1.807, 2.05) is 6.26 Å². The Morgan fingerprint density at radius 3 is 2.73 bits per heavy atom. The van der Waals surface area contributed by atoms with Crippen molar-refractivity contribution < 1.29 is 8.42 Å². The van der Waals surface area contributed by atoms with E-state index in [1.54, 1.807) is 6.07 Å². The van der Waals surface area contributed by atoms with Crippen molar-refractivity contribution in [3.63, 3.8) is 0 Å². The van der Waals surface area contributed by atoms with Crippen molar-refractivity contribution in [3.05, 3.63) is 23.2 Å². The first kappa shape index (κ1) is 12.7. The number of thioether (sulfide) groups is 1. The van der Waals surface area contributed by atoms with Crippen molar-refractivity contribution in [2.24, 2.45) is 0 Å². The van der Waals surface area contributed by atoms with Crippen molar-refractivity contribution in [1.82, 2.24) is 0 Å². The van der Waals surface area contributed by atoms with Crippen molar-refractivity contribution in [1.29, 1.82) is 0 Å². The fourth-order valence-corrected chi connectivity index (χ4v) is 3.98. The van der Waals surface area contributed by atoms with E-state index in [2.05, 4.69) is 0 Å². The van der Waals surface area contributed by atoms with Gasteiger partial charge < -0.3 is 5.73 Å². The topological polar surface area (TPSA) is 60.2 Å². The predicted octanol–water partition coefficient (Wildman–Crippen LogP) is 2.06. The third-order valence-corrected chi connectivity index (χ3v) is 4.91. The molecule has 3 nitrogen and oxygen atoms in total. The van der Waals surface area contributed by atoms with E-state index < -0.39 is 9.84 Å². The molecule has 0 spiro atoms. The van der Waals surface area contributed by atoms with E-state index in [0.29, 0.717) is 11.4 Å². The van der Waals surface area contributed by atoms with E-state index >= 15 is 0 Å². The second-order valence-corrected chi connectivity index (χ2v) is 6.47. The summed E-state index contributed by atoms with van der Waals surface area (Å²) in [6.07, 6.45) is 1.86. The number of rotatable bonds is 4. The summed E-state index contributed by atoms with van der Waals surface area (Å²) < 4.78 is 23.6. The van der Waals surface area contributed by atoms with Crippen LogP contribution in [0.25, 0.3) is 0 Å². The van der Waals surface area contributed by atoms with Gasteiger partial charge in [0.25, 0.3) is 0 Å². The number of nitrogen functional groups attached to an aromatic ring is 1. The Morgan fingerprint density at radius 2 is 2.13 bits per heavy atom. The summed E-state index contributed by atoms with van der Waals surface area (Å²) >= 11 is 7.30. The summed E-state index contributed by atoms with van der Waals surface area (Å²) in [6.45, 7) is 0. The van der Waals surface area contributed by atoms with Crippen LogP contribution in [0.4, 0.5) is 5.69 Å². The fourth-order valence-electron chi connectivity index (χ4n) is 1.06. The average Bonchev–Trinajstić information content (AvgIpc) is 2.18. The molecule has 0 heterocycles. The van der Waals surface area contributed by atoms with Crippen LogP contribution < -0.4 is 5.73 Å². The van der Waals surface area contributed by atoms with Gasteiger partial charge in [-0.1, -0.05) is 11.6 Å². The van der Waals surface area contributed by atoms with Gasteiger partial charge in [0.15, 0.2) is 9.84 Å². The third-order valence-electron chi connectivity index (χ3n) is 1.85. The lowest BCUT2D eigenvalue weighted by Gasteiger charge is -2.06. The van der Waals surface area contributed by atoms with Gasteiger partial charge in [0, 0.05) is 11.4 Å². The van der Waals surface area contributed by atoms with Crippen molar-refractivity contribution >= 4 is 38.9 Å². The number of hydrogen-bond donors (Lipinski definition) is 1. The highest BCUT2D eigenvalue weighted by molar-refractivity contribution is 8.00. The van der Waals surface area contributed by atoms with Gasteiger partial charge >= 0.3 is 0 Å². The Kier molecular flexibility index (Phi) is 4.31. The summed E-state index contributed by atoms with van der Waals surface area (Å²) in [6, 6.07) is 4.48. The summed E-state index contributed by atoms with van der Waals surface area (Å²) in [5.41, 5.74) is 5.93. The predicted molar refractivity (Wildman–Crippen MR) is 66.3 cm³/mol. The van der Waals surface area contributed by atoms with Gasteiger partial charge in [0.1, 0.15) is 0 Å². The van der Waals surface area contributed by atoms with Crippen LogP contribution in [0.3, 0.4) is 0 Å². The zero-order valence-electron chi connectivity index (χ0n) is 8.23. The molecule has 0 saturated heterocycles. The summed E-state index contributed by atoms with van der Waals surface area (Å²) in [5, 5.41) is 0.227. The Balaban J connectivity index is 3.09. The lowest BCUT2D eigenvalue weighted by atomic mass is 10.3. The van der Waals surface area contributed by atoms with Crippen LogP contribution in [-0.2, 0) is 9.84 Å². The van der Waals surface area contributed by atoms with Crippen molar-refractivity contribution in [2.75, 3.05) is 23.5 Å². The van der Waals surface area contributed by atoms with E-state index in [9.17, 15) is 8.42 Å². The number of hydrogen-bond acceptors (Lipinski definition) is 4. The minimum absolute atomic E-state index is 0.0807. The molecule has 0 atom stereocenters. The molecule has 0 fully saturated rings. The molecule has 1 rings (SSSR count). The highest BCUT2D eigenvalue weighted by atomic mass is 35.5. The Bertz CT molecular complexity index is 445. The minimum atomic E-state index is -3.31. The molecule has 1 aromatic carbocycles. The van der Waals surface area contributed by atoms with Crippen LogP contribution in [0.2, 0.25) is 5.02 Å². The molecule has 0 aromatic heterocycles. The van der Waals surface area contributed by atoms with E-state index in [-0.39, 0.29) is 15.7 Å². The lowest BCUT2D eigenvalue weighted by Crippen LogP contribution is -2.09. The molecule has 0 unspecified atom stereocenters. The van der Waals surface area contributed by atoms with Crippen LogP contribution in [-0.4, -0.2) is 26.2 Å². The number of sulfone groups is 1. The highest BCUT2D eigenvalue weighted by Crippen LogP contribution is 2.25. The molecule has 0 saturated carbocycles. The van der Waals surface area contributed by atoms with E-state index in [4.69, 9.17) is 17.3 Å². The smallest absolute Gasteiger partial charge is 0.180 e. The molecule has 1 aromatic rings. The maximum atomic E-state index is 11.8. The van der Waals surface area contributed by atoms with Crippen LogP contribution in [0, 0.1) is 0 Å². The SMILES string of the molecule is CSCCS(=O)(=O)c1cc(N)ccc1Cl. The molecule has 0 bridgehead atoms. The van der Waals surface area contributed by atoms with Crippen LogP contribution in [0.15, 0.2) is 23.1 Å². The normalized spacial score (nSPS) is 11.6. The first-order valence-corrected chi connectivity index (χ1v) is 7.66. The molecule has 0 aliphatic heterocycles. The summed E-state index contributed by atoms with van der Waals surface area (Å²) in [7, 11) is -3.31. The maximum absolute atomic E-state index is 11.8. The Morgan fingerprint density at radius 1 is 1.47 bits per heavy atom. The van der Waals surface area contributed by atoms with E-state index in [1.165, 1.54) is 23.9 Å². The van der Waals surface area contributed by atoms with Crippen LogP contribution in [0.1, 0.15) is 0 Å². The molecule has 0 radical (unpaired) electrons. The molecule has 0 aliphatic carbocycles. The number of anilines is 1. The van der Waals surface area contributed by atoms with Crippen molar-refractivity contribution in [2.45, 2.75) is 4.90 Å². The monoisotopic (exact) mass is 265 g/mol. The third kappa shape index (κ3) is 3.29. The van der Waals surface area contributed by atoms with Gasteiger partial charge in [0.05, 0.1) is 15.7 Å². The zero-order valence-corrected chi connectivity index (χ0v) is 10.6. The quantitative estimate of drug-likeness (QED) is 0.847. The molecular formula is C9H12ClNO2S2. The fraction of sp³-hybridized carbons (Fsp3) is 0.333. The Hall–Kier alpha value is -0.390. The van der Waals surface area contributed by atoms with Gasteiger partial charge in [-0.15, -0.1) is 0 Å². The minimum Gasteiger partial charge on any atom is -0.399 e. The first-order chi connectivity index (χ1) is 6.97. The standard InChI is InChI=1S/C9H12ClNO2S2/c1-14-4-5-15(12,13)9-6-7(11)2-3-8(9)10/h2-3,6H,4-5,11H2,1H3. The largest absolute Gasteiger partial charge is 0.399 e. The zero-order chi connectivity index (χ0) is 11.5. The molecule has 15 heavy (non-hydrogen) atoms. The maximum Gasteiger partial charge on any atom is 0.180 e. The van der Waals surface area contributed by atoms with Crippen molar-refractivity contribution in [3.8, 4) is 0 Å². The van der Waals surface area contributed by atoms with Gasteiger partial charge in [-0.05, 0) is 24.5 Å². The van der Waals surface area contributed by atoms with Gasteiger partial charge in [0.2, 0.25) is 0 Å². The van der Waals surface area contributed by atoms with Gasteiger partial charge in [-0.2, -0.15) is 11.8 Å². The molecule has 6 heteroatoms. The van der Waals surface area contributed by atoms with Gasteiger partial charge in [-0.3, -0.25) is 0 Å². The number of benzene rings is 1. The van der Waals surface area contributed by atoms with Gasteiger partial charge in [-0.25, -0.2) is 8.42 Å². The number of nitrogens with two attached hydrogens (primary N) is 1. The van der Waals surface area contributed by atoms with E-state index in [0.717, 1.165) is 0 Å². The average molecular weight is 266 g/mol. The number of halogens is 1. The second-order valence-electron chi connectivity index (χ2n) is 3.00. The first-order valence-electron chi connectivity index (χ1n) is 4.24. The van der Waals surface area contributed by atoms with Crippen LogP contribution >= 0.6 is 23.4 Å². The molecule has 0 amide bonds. The molecule has 2 N–H and O–H groups in total. The molecular weight excluding hydrogens is 254 g/mol.